The topological polar surface area (TPSA) is 67.2 Å². The molecule has 1 aliphatic carbocycles. The predicted molar refractivity (Wildman–Crippen MR) is 58.8 cm³/mol. The second-order valence-corrected chi connectivity index (χ2v) is 4.31. The number of aromatic nitrogens is 2. The van der Waals surface area contributed by atoms with Gasteiger partial charge in [-0.1, -0.05) is 0 Å². The van der Waals surface area contributed by atoms with Gasteiger partial charge in [-0.15, -0.1) is 0 Å². The third-order valence-electron chi connectivity index (χ3n) is 2.93. The fourth-order valence-electron chi connectivity index (χ4n) is 1.75. The number of aryl methyl sites for hydroxylation is 1. The monoisotopic (exact) mass is 223 g/mol. The molecule has 2 N–H and O–H groups in total. The number of amides is 1. The molecule has 1 fully saturated rings. The van der Waals surface area contributed by atoms with E-state index in [1.807, 2.05) is 13.8 Å². The molecule has 16 heavy (non-hydrogen) atoms. The Bertz CT molecular complexity index is 408. The molecule has 5 nitrogen and oxygen atoms in total. The summed E-state index contributed by atoms with van der Waals surface area (Å²) in [6, 6.07) is 0.377. The maximum absolute atomic E-state index is 11.6. The Morgan fingerprint density at radius 2 is 2.25 bits per heavy atom. The van der Waals surface area contributed by atoms with Crippen LogP contribution in [0.4, 0.5) is 0 Å². The van der Waals surface area contributed by atoms with Crippen LogP contribution in [0.5, 0.6) is 0 Å². The summed E-state index contributed by atoms with van der Waals surface area (Å²) < 4.78 is 1.65. The smallest absolute Gasteiger partial charge is 0.241 e. The lowest BCUT2D eigenvalue weighted by Gasteiger charge is -2.05. The Balaban J connectivity index is 2.05. The van der Waals surface area contributed by atoms with Crippen LogP contribution in [0.25, 0.3) is 0 Å². The lowest BCUT2D eigenvalue weighted by Crippen LogP contribution is -2.30. The van der Waals surface area contributed by atoms with E-state index in [1.165, 1.54) is 0 Å². The van der Waals surface area contributed by atoms with Crippen molar-refractivity contribution in [2.24, 2.45) is 0 Å². The van der Waals surface area contributed by atoms with Crippen LogP contribution in [0.3, 0.4) is 0 Å². The van der Waals surface area contributed by atoms with Gasteiger partial charge in [0.2, 0.25) is 5.91 Å². The molecule has 1 saturated carbocycles. The fraction of sp³-hybridized carbons (Fsp3) is 0.636. The van der Waals surface area contributed by atoms with E-state index < -0.39 is 0 Å². The Kier molecular flexibility index (Phi) is 2.96. The van der Waals surface area contributed by atoms with Crippen molar-refractivity contribution in [2.75, 3.05) is 0 Å². The summed E-state index contributed by atoms with van der Waals surface area (Å²) in [5.74, 6) is -0.00223. The van der Waals surface area contributed by atoms with Crippen molar-refractivity contribution in [2.45, 2.75) is 45.9 Å². The van der Waals surface area contributed by atoms with Crippen LogP contribution in [0.1, 0.15) is 29.8 Å². The molecule has 0 aliphatic heterocycles. The molecule has 0 spiro atoms. The van der Waals surface area contributed by atoms with Crippen LogP contribution in [0, 0.1) is 13.8 Å². The molecule has 1 aromatic heterocycles. The normalized spacial score (nSPS) is 15.2. The SMILES string of the molecule is Cc1nn(CC(=O)NC2CC2)c(C)c1CO. The zero-order chi connectivity index (χ0) is 11.7. The first-order chi connectivity index (χ1) is 7.61. The molecule has 2 rings (SSSR count). The number of carbonyl (C=O) groups excluding carboxylic acids is 1. The molecule has 0 bridgehead atoms. The maximum atomic E-state index is 11.6. The zero-order valence-corrected chi connectivity index (χ0v) is 9.66. The predicted octanol–water partition coefficient (Wildman–Crippen LogP) is 0.271. The quantitative estimate of drug-likeness (QED) is 0.770. The molecule has 0 atom stereocenters. The summed E-state index contributed by atoms with van der Waals surface area (Å²) in [4.78, 5) is 11.6. The van der Waals surface area contributed by atoms with Gasteiger partial charge >= 0.3 is 0 Å². The minimum absolute atomic E-state index is 0.00223. The first-order valence-electron chi connectivity index (χ1n) is 5.55. The third-order valence-corrected chi connectivity index (χ3v) is 2.93. The van der Waals surface area contributed by atoms with Crippen molar-refractivity contribution in [3.63, 3.8) is 0 Å². The van der Waals surface area contributed by atoms with E-state index in [-0.39, 0.29) is 19.1 Å². The van der Waals surface area contributed by atoms with Crippen LogP contribution in [0.2, 0.25) is 0 Å². The summed E-state index contributed by atoms with van der Waals surface area (Å²) in [6.07, 6.45) is 2.18. The number of rotatable bonds is 4. The van der Waals surface area contributed by atoms with Gasteiger partial charge in [0, 0.05) is 17.3 Å². The van der Waals surface area contributed by atoms with Crippen molar-refractivity contribution in [3.05, 3.63) is 17.0 Å². The number of nitrogens with zero attached hydrogens (tertiary/aromatic N) is 2. The number of hydrogen-bond donors (Lipinski definition) is 2. The molecule has 88 valence electrons. The van der Waals surface area contributed by atoms with Gasteiger partial charge in [0.05, 0.1) is 12.3 Å². The number of nitrogens with one attached hydrogen (secondary N) is 1. The Morgan fingerprint density at radius 3 is 2.75 bits per heavy atom. The Hall–Kier alpha value is -1.36. The molecule has 1 heterocycles. The average molecular weight is 223 g/mol. The minimum Gasteiger partial charge on any atom is -0.392 e. The first kappa shape index (κ1) is 11.1. The Morgan fingerprint density at radius 1 is 1.56 bits per heavy atom. The van der Waals surface area contributed by atoms with E-state index >= 15 is 0 Å². The molecule has 0 aromatic carbocycles. The van der Waals surface area contributed by atoms with Crippen LogP contribution >= 0.6 is 0 Å². The molecule has 0 unspecified atom stereocenters. The van der Waals surface area contributed by atoms with E-state index in [1.54, 1.807) is 4.68 Å². The van der Waals surface area contributed by atoms with Crippen molar-refractivity contribution < 1.29 is 9.90 Å². The summed E-state index contributed by atoms with van der Waals surface area (Å²) >= 11 is 0. The highest BCUT2D eigenvalue weighted by Gasteiger charge is 2.23. The summed E-state index contributed by atoms with van der Waals surface area (Å²) in [6.45, 7) is 3.93. The maximum Gasteiger partial charge on any atom is 0.241 e. The molecule has 0 radical (unpaired) electrons. The third kappa shape index (κ3) is 2.24. The number of carbonyl (C=O) groups is 1. The fourth-order valence-corrected chi connectivity index (χ4v) is 1.75. The van der Waals surface area contributed by atoms with Crippen molar-refractivity contribution in [1.82, 2.24) is 15.1 Å². The van der Waals surface area contributed by atoms with Gasteiger partial charge in [-0.05, 0) is 26.7 Å². The van der Waals surface area contributed by atoms with Gasteiger partial charge in [-0.3, -0.25) is 9.48 Å². The second kappa shape index (κ2) is 4.25. The number of hydrogen-bond acceptors (Lipinski definition) is 3. The molecule has 1 amide bonds. The Labute approximate surface area is 94.5 Å². The highest BCUT2D eigenvalue weighted by atomic mass is 16.3. The minimum atomic E-state index is -0.0259. The highest BCUT2D eigenvalue weighted by Crippen LogP contribution is 2.18. The second-order valence-electron chi connectivity index (χ2n) is 4.31. The van der Waals surface area contributed by atoms with E-state index in [0.717, 1.165) is 29.8 Å². The van der Waals surface area contributed by atoms with Crippen LogP contribution in [-0.4, -0.2) is 26.8 Å². The van der Waals surface area contributed by atoms with Gasteiger partial charge in [0.1, 0.15) is 6.54 Å². The molecular weight excluding hydrogens is 206 g/mol. The van der Waals surface area contributed by atoms with Gasteiger partial charge in [0.15, 0.2) is 0 Å². The van der Waals surface area contributed by atoms with Crippen LogP contribution in [-0.2, 0) is 17.9 Å². The lowest BCUT2D eigenvalue weighted by molar-refractivity contribution is -0.122. The summed E-state index contributed by atoms with van der Waals surface area (Å²) in [5, 5.41) is 16.3. The van der Waals surface area contributed by atoms with E-state index in [9.17, 15) is 4.79 Å². The first-order valence-corrected chi connectivity index (χ1v) is 5.55. The standard InChI is InChI=1S/C11H17N3O2/c1-7-10(6-15)8(2)14(13-7)5-11(16)12-9-3-4-9/h9,15H,3-6H2,1-2H3,(H,12,16). The summed E-state index contributed by atoms with van der Waals surface area (Å²) in [7, 11) is 0. The van der Waals surface area contributed by atoms with Crippen LogP contribution < -0.4 is 5.32 Å². The molecular formula is C11H17N3O2. The largest absolute Gasteiger partial charge is 0.392 e. The van der Waals surface area contributed by atoms with Crippen molar-refractivity contribution >= 4 is 5.91 Å². The highest BCUT2D eigenvalue weighted by molar-refractivity contribution is 5.76. The van der Waals surface area contributed by atoms with Gasteiger partial charge in [-0.2, -0.15) is 5.10 Å². The van der Waals surface area contributed by atoms with E-state index in [4.69, 9.17) is 5.11 Å². The lowest BCUT2D eigenvalue weighted by atomic mass is 10.2. The molecule has 1 aliphatic rings. The van der Waals surface area contributed by atoms with Gasteiger partial charge in [-0.25, -0.2) is 0 Å². The zero-order valence-electron chi connectivity index (χ0n) is 9.66. The van der Waals surface area contributed by atoms with Crippen LogP contribution in [0.15, 0.2) is 0 Å². The summed E-state index contributed by atoms with van der Waals surface area (Å²) in [5.41, 5.74) is 2.48. The van der Waals surface area contributed by atoms with Crippen molar-refractivity contribution in [1.29, 1.82) is 0 Å². The van der Waals surface area contributed by atoms with Gasteiger partial charge in [0.25, 0.3) is 0 Å². The molecule has 5 heteroatoms. The average Bonchev–Trinajstić information content (AvgIpc) is 2.96. The number of aliphatic hydroxyl groups excluding tert-OH is 1. The molecule has 0 saturated heterocycles. The van der Waals surface area contributed by atoms with Gasteiger partial charge < -0.3 is 10.4 Å². The number of aliphatic hydroxyl groups is 1. The van der Waals surface area contributed by atoms with E-state index in [2.05, 4.69) is 10.4 Å². The molecule has 1 aromatic rings. The van der Waals surface area contributed by atoms with Crippen molar-refractivity contribution in [3.8, 4) is 0 Å². The van der Waals surface area contributed by atoms with E-state index in [0.29, 0.717) is 6.04 Å².